The summed E-state index contributed by atoms with van der Waals surface area (Å²) in [5.41, 5.74) is 3.01. The number of rotatable bonds is 4. The Balaban J connectivity index is 2.17. The molecule has 0 radical (unpaired) electrons. The molecule has 0 unspecified atom stereocenters. The molecule has 1 atom stereocenters. The third-order valence-electron chi connectivity index (χ3n) is 2.74. The molecule has 2 rings (SSSR count). The van der Waals surface area contributed by atoms with E-state index in [2.05, 4.69) is 5.09 Å². The van der Waals surface area contributed by atoms with Crippen molar-refractivity contribution in [1.29, 1.82) is 0 Å². The average molecular weight is 275 g/mol. The summed E-state index contributed by atoms with van der Waals surface area (Å²) in [6.07, 6.45) is 0. The molecule has 0 aromatic heterocycles. The molecule has 0 bridgehead atoms. The highest BCUT2D eigenvalue weighted by Crippen LogP contribution is 2.43. The summed E-state index contributed by atoms with van der Waals surface area (Å²) in [7, 11) is -2.93. The zero-order valence-corrected chi connectivity index (χ0v) is 12.3. The number of aryl methyl sites for hydroxylation is 2. The van der Waals surface area contributed by atoms with Crippen molar-refractivity contribution in [2.75, 3.05) is 11.8 Å². The van der Waals surface area contributed by atoms with E-state index in [0.29, 0.717) is 5.75 Å². The minimum atomic E-state index is -2.93. The molecular formula is C15H18NO2P. The molecule has 0 spiro atoms. The van der Waals surface area contributed by atoms with Crippen LogP contribution in [0.1, 0.15) is 11.1 Å². The standard InChI is InChI=1S/C15H18NO2P/c1-12-9-10-13(2)15(11-12)16-19(3,17)18-14-7-5-4-6-8-14/h4-11H,1-3H3,(H,16,17)/t19-/m0/s1. The van der Waals surface area contributed by atoms with Gasteiger partial charge in [0.05, 0.1) is 0 Å². The van der Waals surface area contributed by atoms with Gasteiger partial charge in [-0.1, -0.05) is 30.3 Å². The van der Waals surface area contributed by atoms with E-state index in [0.717, 1.165) is 16.8 Å². The molecule has 0 aliphatic carbocycles. The van der Waals surface area contributed by atoms with Crippen molar-refractivity contribution in [2.45, 2.75) is 13.8 Å². The van der Waals surface area contributed by atoms with E-state index >= 15 is 0 Å². The fourth-order valence-electron chi connectivity index (χ4n) is 1.78. The maximum atomic E-state index is 12.5. The minimum absolute atomic E-state index is 0.603. The lowest BCUT2D eigenvalue weighted by Crippen LogP contribution is -2.03. The van der Waals surface area contributed by atoms with Crippen molar-refractivity contribution in [1.82, 2.24) is 0 Å². The number of anilines is 1. The summed E-state index contributed by atoms with van der Waals surface area (Å²) in [5.74, 6) is 0.603. The Kier molecular flexibility index (Phi) is 3.96. The summed E-state index contributed by atoms with van der Waals surface area (Å²) >= 11 is 0. The smallest absolute Gasteiger partial charge is 0.338 e. The van der Waals surface area contributed by atoms with Gasteiger partial charge in [0, 0.05) is 12.4 Å². The first-order chi connectivity index (χ1) is 8.96. The summed E-state index contributed by atoms with van der Waals surface area (Å²) in [6, 6.07) is 15.2. The second-order valence-corrected chi connectivity index (χ2v) is 6.78. The molecule has 3 nitrogen and oxygen atoms in total. The number of para-hydroxylation sites is 1. The lowest BCUT2D eigenvalue weighted by atomic mass is 10.1. The molecule has 0 heterocycles. The average Bonchev–Trinajstić information content (AvgIpc) is 2.34. The summed E-state index contributed by atoms with van der Waals surface area (Å²) in [6.45, 7) is 5.56. The zero-order chi connectivity index (χ0) is 13.9. The summed E-state index contributed by atoms with van der Waals surface area (Å²) < 4.78 is 18.0. The fourth-order valence-corrected chi connectivity index (χ4v) is 3.03. The van der Waals surface area contributed by atoms with Gasteiger partial charge in [-0.05, 0) is 43.2 Å². The lowest BCUT2D eigenvalue weighted by Gasteiger charge is -2.19. The van der Waals surface area contributed by atoms with Crippen LogP contribution in [0.5, 0.6) is 5.75 Å². The van der Waals surface area contributed by atoms with Crippen molar-refractivity contribution in [2.24, 2.45) is 0 Å². The Morgan fingerprint density at radius 1 is 1.05 bits per heavy atom. The second-order valence-electron chi connectivity index (χ2n) is 4.68. The molecule has 0 aliphatic rings. The maximum absolute atomic E-state index is 12.5. The van der Waals surface area contributed by atoms with E-state index in [-0.39, 0.29) is 0 Å². The van der Waals surface area contributed by atoms with E-state index in [1.807, 2.05) is 50.2 Å². The molecule has 100 valence electrons. The molecule has 0 aliphatic heterocycles. The molecule has 0 amide bonds. The van der Waals surface area contributed by atoms with Gasteiger partial charge in [0.2, 0.25) is 0 Å². The monoisotopic (exact) mass is 275 g/mol. The minimum Gasteiger partial charge on any atom is -0.429 e. The summed E-state index contributed by atoms with van der Waals surface area (Å²) in [4.78, 5) is 0. The van der Waals surface area contributed by atoms with Gasteiger partial charge in [0.25, 0.3) is 0 Å². The second kappa shape index (κ2) is 5.50. The van der Waals surface area contributed by atoms with Gasteiger partial charge in [0.1, 0.15) is 5.75 Å². The van der Waals surface area contributed by atoms with Crippen LogP contribution in [0.3, 0.4) is 0 Å². The highest BCUT2D eigenvalue weighted by Gasteiger charge is 2.18. The molecule has 0 saturated carbocycles. The highest BCUT2D eigenvalue weighted by molar-refractivity contribution is 7.60. The fraction of sp³-hybridized carbons (Fsp3) is 0.200. The van der Waals surface area contributed by atoms with E-state index in [4.69, 9.17) is 4.52 Å². The van der Waals surface area contributed by atoms with Gasteiger partial charge < -0.3 is 9.61 Å². The number of hydrogen-bond donors (Lipinski definition) is 1. The molecule has 0 fully saturated rings. The molecule has 2 aromatic carbocycles. The first kappa shape index (κ1) is 13.7. The zero-order valence-electron chi connectivity index (χ0n) is 11.4. The van der Waals surface area contributed by atoms with E-state index < -0.39 is 7.52 Å². The third-order valence-corrected chi connectivity index (χ3v) is 3.95. The first-order valence-corrected chi connectivity index (χ1v) is 8.21. The molecule has 0 saturated heterocycles. The van der Waals surface area contributed by atoms with Crippen LogP contribution in [0.4, 0.5) is 5.69 Å². The van der Waals surface area contributed by atoms with Crippen LogP contribution in [0, 0.1) is 13.8 Å². The lowest BCUT2D eigenvalue weighted by molar-refractivity contribution is 0.493. The van der Waals surface area contributed by atoms with Crippen LogP contribution in [0.25, 0.3) is 0 Å². The first-order valence-electron chi connectivity index (χ1n) is 6.14. The molecule has 1 N–H and O–H groups in total. The third kappa shape index (κ3) is 3.87. The SMILES string of the molecule is Cc1ccc(C)c(N[P@@](C)(=O)Oc2ccccc2)c1. The van der Waals surface area contributed by atoms with Gasteiger partial charge >= 0.3 is 7.52 Å². The predicted molar refractivity (Wildman–Crippen MR) is 80.1 cm³/mol. The molecule has 19 heavy (non-hydrogen) atoms. The normalized spacial score (nSPS) is 13.6. The summed E-state index contributed by atoms with van der Waals surface area (Å²) in [5, 5.41) is 3.01. The van der Waals surface area contributed by atoms with Crippen molar-refractivity contribution < 1.29 is 9.09 Å². The molecule has 4 heteroatoms. The Bertz CT molecular complexity index is 611. The van der Waals surface area contributed by atoms with E-state index in [1.54, 1.807) is 18.8 Å². The van der Waals surface area contributed by atoms with Crippen LogP contribution in [-0.2, 0) is 4.57 Å². The van der Waals surface area contributed by atoms with E-state index in [9.17, 15) is 4.57 Å². The van der Waals surface area contributed by atoms with Crippen LogP contribution in [-0.4, -0.2) is 6.66 Å². The quantitative estimate of drug-likeness (QED) is 0.827. The Labute approximate surface area is 114 Å². The van der Waals surface area contributed by atoms with Crippen molar-refractivity contribution >= 4 is 13.2 Å². The van der Waals surface area contributed by atoms with Gasteiger partial charge in [0.15, 0.2) is 0 Å². The van der Waals surface area contributed by atoms with Crippen LogP contribution < -0.4 is 9.61 Å². The highest BCUT2D eigenvalue weighted by atomic mass is 31.2. The Hall–Kier alpha value is -1.73. The van der Waals surface area contributed by atoms with Crippen molar-refractivity contribution in [3.05, 3.63) is 59.7 Å². The number of hydrogen-bond acceptors (Lipinski definition) is 2. The van der Waals surface area contributed by atoms with Crippen molar-refractivity contribution in [3.63, 3.8) is 0 Å². The van der Waals surface area contributed by atoms with Gasteiger partial charge in [-0.3, -0.25) is 4.57 Å². The van der Waals surface area contributed by atoms with Gasteiger partial charge in [-0.15, -0.1) is 0 Å². The molecular weight excluding hydrogens is 257 g/mol. The Morgan fingerprint density at radius 3 is 2.42 bits per heavy atom. The number of benzene rings is 2. The van der Waals surface area contributed by atoms with Crippen LogP contribution in [0.2, 0.25) is 0 Å². The van der Waals surface area contributed by atoms with Crippen LogP contribution >= 0.6 is 7.52 Å². The van der Waals surface area contributed by atoms with E-state index in [1.165, 1.54) is 0 Å². The predicted octanol–water partition coefficient (Wildman–Crippen LogP) is 4.62. The number of nitrogens with one attached hydrogen (secondary N) is 1. The largest absolute Gasteiger partial charge is 0.429 e. The molecule has 2 aromatic rings. The maximum Gasteiger partial charge on any atom is 0.338 e. The van der Waals surface area contributed by atoms with Crippen LogP contribution in [0.15, 0.2) is 48.5 Å². The van der Waals surface area contributed by atoms with Crippen molar-refractivity contribution in [3.8, 4) is 5.75 Å². The topological polar surface area (TPSA) is 38.3 Å². The Morgan fingerprint density at radius 2 is 1.74 bits per heavy atom. The van der Waals surface area contributed by atoms with Gasteiger partial charge in [-0.25, -0.2) is 0 Å². The van der Waals surface area contributed by atoms with Gasteiger partial charge in [-0.2, -0.15) is 0 Å².